The summed E-state index contributed by atoms with van der Waals surface area (Å²) in [6.45, 7) is -0.116. The maximum Gasteiger partial charge on any atom is 0.305 e. The molecule has 0 saturated carbocycles. The van der Waals surface area contributed by atoms with Gasteiger partial charge in [0.05, 0.1) is 22.7 Å². The zero-order valence-electron chi connectivity index (χ0n) is 10.3. The molecule has 20 heavy (non-hydrogen) atoms. The zero-order chi connectivity index (χ0) is 14.5. The molecular formula is C13H10ClFN2O3. The zero-order valence-corrected chi connectivity index (χ0v) is 11.0. The van der Waals surface area contributed by atoms with E-state index >= 15 is 0 Å². The van der Waals surface area contributed by atoms with Gasteiger partial charge in [-0.2, -0.15) is 4.39 Å². The van der Waals surface area contributed by atoms with Crippen LogP contribution in [0.2, 0.25) is 0 Å². The third-order valence-electron chi connectivity index (χ3n) is 2.58. The molecule has 1 aromatic heterocycles. The first-order valence-corrected chi connectivity index (χ1v) is 6.20. The van der Waals surface area contributed by atoms with Crippen molar-refractivity contribution in [2.45, 2.75) is 12.5 Å². The van der Waals surface area contributed by atoms with E-state index in [0.29, 0.717) is 17.3 Å². The second kappa shape index (κ2) is 6.29. The summed E-state index contributed by atoms with van der Waals surface area (Å²) in [5.41, 5.74) is 0.239. The molecule has 2 aromatic rings. The summed E-state index contributed by atoms with van der Waals surface area (Å²) in [5.74, 6) is -0.160. The van der Waals surface area contributed by atoms with Gasteiger partial charge >= 0.3 is 5.69 Å². The van der Waals surface area contributed by atoms with Crippen LogP contribution in [0.25, 0.3) is 0 Å². The average molecular weight is 297 g/mol. The van der Waals surface area contributed by atoms with Gasteiger partial charge in [-0.15, -0.1) is 11.6 Å². The lowest BCUT2D eigenvalue weighted by atomic mass is 10.2. The lowest BCUT2D eigenvalue weighted by Crippen LogP contribution is -2.02. The molecule has 0 radical (unpaired) electrons. The second-order valence-corrected chi connectivity index (χ2v) is 4.18. The summed E-state index contributed by atoms with van der Waals surface area (Å²) in [7, 11) is 0. The number of nitro benzene ring substituents is 1. The van der Waals surface area contributed by atoms with Crippen molar-refractivity contribution in [3.05, 3.63) is 63.7 Å². The quantitative estimate of drug-likeness (QED) is 0.481. The van der Waals surface area contributed by atoms with Crippen molar-refractivity contribution in [1.82, 2.24) is 4.98 Å². The molecule has 0 aliphatic carbocycles. The second-order valence-electron chi connectivity index (χ2n) is 3.91. The number of halogens is 2. The fourth-order valence-electron chi connectivity index (χ4n) is 1.56. The van der Waals surface area contributed by atoms with E-state index in [0.717, 1.165) is 6.07 Å². The normalized spacial score (nSPS) is 10.3. The highest BCUT2D eigenvalue weighted by molar-refractivity contribution is 6.16. The maximum atomic E-state index is 13.8. The van der Waals surface area contributed by atoms with E-state index in [-0.39, 0.29) is 12.2 Å². The Bertz CT molecular complexity index is 620. The Morgan fingerprint density at radius 2 is 2.15 bits per heavy atom. The Balaban J connectivity index is 2.10. The van der Waals surface area contributed by atoms with E-state index in [4.69, 9.17) is 16.3 Å². The van der Waals surface area contributed by atoms with Crippen molar-refractivity contribution in [2.24, 2.45) is 0 Å². The average Bonchev–Trinajstić information content (AvgIpc) is 2.46. The monoisotopic (exact) mass is 296 g/mol. The van der Waals surface area contributed by atoms with Crippen LogP contribution in [0.5, 0.6) is 5.75 Å². The molecule has 0 amide bonds. The number of benzene rings is 1. The number of alkyl halides is 1. The maximum absolute atomic E-state index is 13.8. The summed E-state index contributed by atoms with van der Waals surface area (Å²) < 4.78 is 19.1. The fraction of sp³-hybridized carbons (Fsp3) is 0.154. The third-order valence-corrected chi connectivity index (χ3v) is 2.86. The van der Waals surface area contributed by atoms with Crippen LogP contribution in [0.15, 0.2) is 36.5 Å². The van der Waals surface area contributed by atoms with Crippen LogP contribution >= 0.6 is 11.6 Å². The molecule has 1 heterocycles. The molecule has 7 heteroatoms. The Morgan fingerprint density at radius 3 is 2.75 bits per heavy atom. The first-order valence-electron chi connectivity index (χ1n) is 5.67. The Hall–Kier alpha value is -2.21. The molecule has 0 atom stereocenters. The number of hydrogen-bond acceptors (Lipinski definition) is 4. The van der Waals surface area contributed by atoms with Crippen molar-refractivity contribution in [3.63, 3.8) is 0 Å². The lowest BCUT2D eigenvalue weighted by Gasteiger charge is -2.07. The van der Waals surface area contributed by atoms with Gasteiger partial charge in [0.2, 0.25) is 5.82 Å². The van der Waals surface area contributed by atoms with E-state index in [9.17, 15) is 14.5 Å². The van der Waals surface area contributed by atoms with Crippen molar-refractivity contribution >= 4 is 17.3 Å². The number of hydrogen-bond donors (Lipinski definition) is 0. The molecule has 0 fully saturated rings. The van der Waals surface area contributed by atoms with E-state index in [2.05, 4.69) is 4.98 Å². The van der Waals surface area contributed by atoms with Gasteiger partial charge in [0.15, 0.2) is 0 Å². The summed E-state index contributed by atoms with van der Waals surface area (Å²) in [5, 5.41) is 10.6. The van der Waals surface area contributed by atoms with Gasteiger partial charge in [0.25, 0.3) is 0 Å². The minimum Gasteiger partial charge on any atom is -0.487 e. The van der Waals surface area contributed by atoms with Gasteiger partial charge in [0.1, 0.15) is 12.4 Å². The van der Waals surface area contributed by atoms with Crippen LogP contribution in [-0.2, 0) is 12.5 Å². The van der Waals surface area contributed by atoms with Crippen molar-refractivity contribution in [3.8, 4) is 5.75 Å². The standard InChI is InChI=1S/C13H10ClFN2O3/c14-6-10-4-5-11(7-16-10)20-8-9-2-1-3-12(13(9)15)17(18)19/h1-5,7H,6,8H2. The van der Waals surface area contributed by atoms with Gasteiger partial charge in [-0.3, -0.25) is 15.1 Å². The summed E-state index contributed by atoms with van der Waals surface area (Å²) in [6, 6.07) is 7.29. The number of nitrogens with zero attached hydrogens (tertiary/aromatic N) is 2. The summed E-state index contributed by atoms with van der Waals surface area (Å²) in [4.78, 5) is 13.9. The highest BCUT2D eigenvalue weighted by Crippen LogP contribution is 2.21. The molecule has 0 spiro atoms. The lowest BCUT2D eigenvalue weighted by molar-refractivity contribution is -0.387. The molecule has 1 aromatic carbocycles. The largest absolute Gasteiger partial charge is 0.487 e. The Kier molecular flexibility index (Phi) is 4.47. The molecule has 104 valence electrons. The molecule has 0 bridgehead atoms. The fourth-order valence-corrected chi connectivity index (χ4v) is 1.71. The van der Waals surface area contributed by atoms with Crippen molar-refractivity contribution in [1.29, 1.82) is 0 Å². The number of nitro groups is 1. The van der Waals surface area contributed by atoms with Gasteiger partial charge in [-0.05, 0) is 12.1 Å². The van der Waals surface area contributed by atoms with E-state index in [1.165, 1.54) is 18.3 Å². The van der Waals surface area contributed by atoms with Crippen LogP contribution in [0.1, 0.15) is 11.3 Å². The van der Waals surface area contributed by atoms with Gasteiger partial charge in [-0.25, -0.2) is 0 Å². The molecule has 0 aliphatic rings. The third kappa shape index (κ3) is 3.21. The number of ether oxygens (including phenoxy) is 1. The van der Waals surface area contributed by atoms with Crippen LogP contribution in [0.3, 0.4) is 0 Å². The summed E-state index contributed by atoms with van der Waals surface area (Å²) in [6.07, 6.45) is 1.47. The highest BCUT2D eigenvalue weighted by Gasteiger charge is 2.17. The highest BCUT2D eigenvalue weighted by atomic mass is 35.5. The number of pyridine rings is 1. The molecule has 0 aliphatic heterocycles. The van der Waals surface area contributed by atoms with E-state index in [1.807, 2.05) is 0 Å². The van der Waals surface area contributed by atoms with E-state index < -0.39 is 16.4 Å². The topological polar surface area (TPSA) is 65.3 Å². The number of aromatic nitrogens is 1. The minimum atomic E-state index is -0.886. The predicted octanol–water partition coefficient (Wildman–Crippen LogP) is 3.45. The Labute approximate surface area is 119 Å². The first-order chi connectivity index (χ1) is 9.61. The molecule has 2 rings (SSSR count). The van der Waals surface area contributed by atoms with Gasteiger partial charge < -0.3 is 4.74 Å². The van der Waals surface area contributed by atoms with Gasteiger partial charge in [-0.1, -0.05) is 12.1 Å². The van der Waals surface area contributed by atoms with Crippen LogP contribution < -0.4 is 4.74 Å². The smallest absolute Gasteiger partial charge is 0.305 e. The number of rotatable bonds is 5. The molecule has 5 nitrogen and oxygen atoms in total. The van der Waals surface area contributed by atoms with Crippen molar-refractivity contribution < 1.29 is 14.1 Å². The minimum absolute atomic E-state index is 0.112. The van der Waals surface area contributed by atoms with Crippen LogP contribution in [0, 0.1) is 15.9 Å². The summed E-state index contributed by atoms with van der Waals surface area (Å²) >= 11 is 5.60. The molecule has 0 saturated heterocycles. The van der Waals surface area contributed by atoms with Gasteiger partial charge in [0, 0.05) is 11.6 Å². The SMILES string of the molecule is O=[N+]([O-])c1cccc(COc2ccc(CCl)nc2)c1F. The predicted molar refractivity (Wildman–Crippen MR) is 71.2 cm³/mol. The van der Waals surface area contributed by atoms with Crippen molar-refractivity contribution in [2.75, 3.05) is 0 Å². The van der Waals surface area contributed by atoms with Crippen LogP contribution in [0.4, 0.5) is 10.1 Å². The van der Waals surface area contributed by atoms with E-state index in [1.54, 1.807) is 12.1 Å². The molecule has 0 N–H and O–H groups in total. The Morgan fingerprint density at radius 1 is 1.35 bits per heavy atom. The molecule has 0 unspecified atom stereocenters. The van der Waals surface area contributed by atoms with Crippen LogP contribution in [-0.4, -0.2) is 9.91 Å². The molecular weight excluding hydrogens is 287 g/mol. The first kappa shape index (κ1) is 14.2.